The molecule has 1 aromatic carbocycles. The van der Waals surface area contributed by atoms with Gasteiger partial charge in [-0.05, 0) is 60.1 Å². The molecule has 194 valence electrons. The molecule has 1 heterocycles. The number of aromatic nitrogens is 1. The number of benzene rings is 1. The van der Waals surface area contributed by atoms with Gasteiger partial charge in [-0.15, -0.1) is 0 Å². The fourth-order valence-electron chi connectivity index (χ4n) is 4.80. The standard InChI is InChI=1S/C32H40N4O/c1-7-13-27(21-33-5)28-18-19-29(34-32(28)35-30-17-11-10-14-23(4)31(30)37)26-16-12-15-25(20-26)24(8-2)22-36(6)9-3/h3,8,12-13,15-16,18-23,30-31,37H,2,7,10-11,14,17H2,1,4-6H3,(H,34,35)/b24-22+,27-13+,33-21?/t23-,30+,31+/m1/s1. The highest BCUT2D eigenvalue weighted by atomic mass is 16.3. The predicted molar refractivity (Wildman–Crippen MR) is 158 cm³/mol. The van der Waals surface area contributed by atoms with Crippen molar-refractivity contribution >= 4 is 23.2 Å². The minimum absolute atomic E-state index is 0.0543. The molecule has 0 aliphatic heterocycles. The minimum atomic E-state index is -0.420. The molecule has 0 radical (unpaired) electrons. The van der Waals surface area contributed by atoms with Crippen LogP contribution < -0.4 is 5.32 Å². The summed E-state index contributed by atoms with van der Waals surface area (Å²) in [7, 11) is 3.61. The highest BCUT2D eigenvalue weighted by Gasteiger charge is 2.28. The molecule has 1 aliphatic rings. The Balaban J connectivity index is 2.09. The molecule has 1 fully saturated rings. The molecule has 0 spiro atoms. The third-order valence-corrected chi connectivity index (χ3v) is 6.89. The molecular formula is C32H40N4O. The number of aliphatic imine (C=N–C) groups is 1. The largest absolute Gasteiger partial charge is 0.391 e. The van der Waals surface area contributed by atoms with Gasteiger partial charge in [-0.3, -0.25) is 4.99 Å². The van der Waals surface area contributed by atoms with Crippen molar-refractivity contribution in [1.29, 1.82) is 0 Å². The van der Waals surface area contributed by atoms with E-state index in [1.165, 1.54) is 0 Å². The Labute approximate surface area is 222 Å². The van der Waals surface area contributed by atoms with Gasteiger partial charge in [-0.1, -0.05) is 70.0 Å². The van der Waals surface area contributed by atoms with Crippen LogP contribution in [0.3, 0.4) is 0 Å². The number of terminal acetylenes is 1. The maximum Gasteiger partial charge on any atom is 0.134 e. The van der Waals surface area contributed by atoms with Crippen molar-refractivity contribution in [3.05, 3.63) is 72.5 Å². The zero-order valence-electron chi connectivity index (χ0n) is 22.6. The number of anilines is 1. The van der Waals surface area contributed by atoms with Gasteiger partial charge in [-0.25, -0.2) is 4.98 Å². The van der Waals surface area contributed by atoms with Gasteiger partial charge in [-0.2, -0.15) is 0 Å². The fraction of sp³-hybridized carbons (Fsp3) is 0.375. The van der Waals surface area contributed by atoms with E-state index in [0.29, 0.717) is 0 Å². The molecule has 5 heteroatoms. The average Bonchev–Trinajstić information content (AvgIpc) is 3.07. The predicted octanol–water partition coefficient (Wildman–Crippen LogP) is 6.64. The number of hydrogen-bond acceptors (Lipinski definition) is 5. The third-order valence-electron chi connectivity index (χ3n) is 6.89. The highest BCUT2D eigenvalue weighted by molar-refractivity contribution is 6.11. The Kier molecular flexibility index (Phi) is 10.3. The number of nitrogens with zero attached hydrogens (tertiary/aromatic N) is 3. The zero-order chi connectivity index (χ0) is 26.8. The second-order valence-electron chi connectivity index (χ2n) is 9.66. The van der Waals surface area contributed by atoms with Gasteiger partial charge in [0, 0.05) is 43.7 Å². The van der Waals surface area contributed by atoms with Gasteiger partial charge in [0.1, 0.15) is 5.82 Å². The Morgan fingerprint density at radius 2 is 2.05 bits per heavy atom. The maximum absolute atomic E-state index is 11.1. The van der Waals surface area contributed by atoms with Gasteiger partial charge in [0.2, 0.25) is 0 Å². The summed E-state index contributed by atoms with van der Waals surface area (Å²) >= 11 is 0. The van der Waals surface area contributed by atoms with Crippen molar-refractivity contribution in [2.75, 3.05) is 19.4 Å². The first-order valence-electron chi connectivity index (χ1n) is 13.1. The van der Waals surface area contributed by atoms with Crippen LogP contribution >= 0.6 is 0 Å². The second-order valence-corrected chi connectivity index (χ2v) is 9.66. The Morgan fingerprint density at radius 3 is 2.76 bits per heavy atom. The fourth-order valence-corrected chi connectivity index (χ4v) is 4.80. The van der Waals surface area contributed by atoms with Crippen LogP contribution in [0, 0.1) is 18.4 Å². The van der Waals surface area contributed by atoms with Crippen LogP contribution in [0.1, 0.15) is 57.1 Å². The summed E-state index contributed by atoms with van der Waals surface area (Å²) in [5.74, 6) is 1.02. The van der Waals surface area contributed by atoms with Crippen LogP contribution in [0.25, 0.3) is 22.4 Å². The number of hydrogen-bond donors (Lipinski definition) is 2. The molecule has 1 saturated carbocycles. The summed E-state index contributed by atoms with van der Waals surface area (Å²) in [6, 6.07) is 14.9. The quantitative estimate of drug-likeness (QED) is 0.134. The van der Waals surface area contributed by atoms with Crippen LogP contribution in [0.4, 0.5) is 5.82 Å². The molecule has 37 heavy (non-hydrogen) atoms. The van der Waals surface area contributed by atoms with Gasteiger partial charge >= 0.3 is 0 Å². The van der Waals surface area contributed by atoms with Crippen LogP contribution in [0.2, 0.25) is 0 Å². The lowest BCUT2D eigenvalue weighted by molar-refractivity contribution is 0.0986. The molecular weight excluding hydrogens is 456 g/mol. The highest BCUT2D eigenvalue weighted by Crippen LogP contribution is 2.31. The maximum atomic E-state index is 11.1. The van der Waals surface area contributed by atoms with Crippen LogP contribution in [-0.2, 0) is 0 Å². The number of aliphatic hydroxyl groups excluding tert-OH is 1. The van der Waals surface area contributed by atoms with Gasteiger partial charge in [0.25, 0.3) is 0 Å². The molecule has 0 amide bonds. The van der Waals surface area contributed by atoms with E-state index >= 15 is 0 Å². The van der Waals surface area contributed by atoms with Crippen LogP contribution in [0.5, 0.6) is 0 Å². The first-order chi connectivity index (χ1) is 17.9. The molecule has 5 nitrogen and oxygen atoms in total. The Morgan fingerprint density at radius 1 is 1.27 bits per heavy atom. The van der Waals surface area contributed by atoms with E-state index in [-0.39, 0.29) is 12.0 Å². The van der Waals surface area contributed by atoms with E-state index in [1.54, 1.807) is 18.0 Å². The molecule has 0 unspecified atom stereocenters. The molecule has 0 bridgehead atoms. The van der Waals surface area contributed by atoms with Crippen molar-refractivity contribution in [2.45, 2.75) is 58.1 Å². The first-order valence-corrected chi connectivity index (χ1v) is 13.1. The van der Waals surface area contributed by atoms with Crippen molar-refractivity contribution in [2.24, 2.45) is 10.9 Å². The lowest BCUT2D eigenvalue weighted by atomic mass is 9.96. The Hall–Kier alpha value is -3.62. The van der Waals surface area contributed by atoms with E-state index in [9.17, 15) is 5.11 Å². The van der Waals surface area contributed by atoms with Gasteiger partial charge in [0.15, 0.2) is 0 Å². The van der Waals surface area contributed by atoms with E-state index in [1.807, 2.05) is 37.7 Å². The number of aliphatic hydroxyl groups is 1. The molecule has 1 aliphatic carbocycles. The number of allylic oxidation sites excluding steroid dienone is 4. The normalized spacial score (nSPS) is 20.8. The van der Waals surface area contributed by atoms with Crippen molar-refractivity contribution < 1.29 is 5.11 Å². The minimum Gasteiger partial charge on any atom is -0.391 e. The molecule has 3 atom stereocenters. The van der Waals surface area contributed by atoms with E-state index in [0.717, 1.165) is 71.5 Å². The topological polar surface area (TPSA) is 60.8 Å². The van der Waals surface area contributed by atoms with Gasteiger partial charge in [0.05, 0.1) is 17.8 Å². The SMILES string of the molecule is C#CN(C)/C=C(\C=C)c1cccc(-c2ccc(/C(C=NC)=C/CC)c(N[C@H]3CCCC[C@@H](C)[C@@H]3O)n2)c1. The summed E-state index contributed by atoms with van der Waals surface area (Å²) in [5, 5.41) is 14.7. The number of pyridine rings is 1. The van der Waals surface area contributed by atoms with Crippen LogP contribution in [-0.4, -0.2) is 47.4 Å². The van der Waals surface area contributed by atoms with Crippen molar-refractivity contribution in [1.82, 2.24) is 9.88 Å². The van der Waals surface area contributed by atoms with Crippen molar-refractivity contribution in [3.63, 3.8) is 0 Å². The number of nitrogens with one attached hydrogen (secondary N) is 1. The second kappa shape index (κ2) is 13.6. The summed E-state index contributed by atoms with van der Waals surface area (Å²) < 4.78 is 0. The first kappa shape index (κ1) is 28.0. The molecule has 1 aromatic heterocycles. The summed E-state index contributed by atoms with van der Waals surface area (Å²) in [5.41, 5.74) is 5.78. The smallest absolute Gasteiger partial charge is 0.134 e. The molecule has 2 N–H and O–H groups in total. The van der Waals surface area contributed by atoms with E-state index in [4.69, 9.17) is 11.4 Å². The number of rotatable bonds is 9. The zero-order valence-corrected chi connectivity index (χ0v) is 22.6. The van der Waals surface area contributed by atoms with Gasteiger partial charge < -0.3 is 15.3 Å². The molecule has 2 aromatic rings. The van der Waals surface area contributed by atoms with E-state index < -0.39 is 6.10 Å². The average molecular weight is 497 g/mol. The Bertz CT molecular complexity index is 1200. The summed E-state index contributed by atoms with van der Waals surface area (Å²) in [4.78, 5) is 11.1. The summed E-state index contributed by atoms with van der Waals surface area (Å²) in [6.45, 7) is 8.21. The van der Waals surface area contributed by atoms with Crippen LogP contribution in [0.15, 0.2) is 66.3 Å². The van der Waals surface area contributed by atoms with E-state index in [2.05, 4.69) is 61.1 Å². The molecule has 0 saturated heterocycles. The lowest BCUT2D eigenvalue weighted by Gasteiger charge is -2.27. The van der Waals surface area contributed by atoms with Crippen molar-refractivity contribution in [3.8, 4) is 23.7 Å². The molecule has 3 rings (SSSR count). The third kappa shape index (κ3) is 7.21. The monoisotopic (exact) mass is 496 g/mol. The summed E-state index contributed by atoms with van der Waals surface area (Å²) in [6.07, 6.45) is 17.9. The lowest BCUT2D eigenvalue weighted by Crippen LogP contribution is -2.37.